The topological polar surface area (TPSA) is 166 Å². The molecule has 0 aliphatic heterocycles. The average Bonchev–Trinajstić information content (AvgIpc) is 2.42. The summed E-state index contributed by atoms with van der Waals surface area (Å²) in [6.07, 6.45) is 0. The second-order valence-corrected chi connectivity index (χ2v) is 7.86. The fraction of sp³-hybridized carbons (Fsp3) is 1.00. The molecule has 0 bridgehead atoms. The summed E-state index contributed by atoms with van der Waals surface area (Å²) in [5, 5.41) is 0. The van der Waals surface area contributed by atoms with Gasteiger partial charge in [-0.05, 0) is 17.8 Å². The first-order valence-electron chi connectivity index (χ1n) is 7.20. The van der Waals surface area contributed by atoms with E-state index in [0.717, 1.165) is 0 Å². The van der Waals surface area contributed by atoms with Crippen LogP contribution >= 0.6 is 25.8 Å². The Bertz CT molecular complexity index is 190. The Morgan fingerprint density at radius 1 is 0.500 bits per heavy atom. The molecule has 0 fully saturated rings. The van der Waals surface area contributed by atoms with Crippen molar-refractivity contribution < 1.29 is 42.9 Å². The largest absolute Gasteiger partial charge is 3.00 e. The van der Waals surface area contributed by atoms with E-state index in [2.05, 4.69) is 13.6 Å². The Balaban J connectivity index is -0.0000000817. The summed E-state index contributed by atoms with van der Waals surface area (Å²) in [5.41, 5.74) is 0. The van der Waals surface area contributed by atoms with Gasteiger partial charge in [-0.3, -0.25) is 0 Å². The zero-order chi connectivity index (χ0) is 19.7. The molecule has 0 aromatic heterocycles. The van der Waals surface area contributed by atoms with Crippen LogP contribution in [0.15, 0.2) is 0 Å². The summed E-state index contributed by atoms with van der Waals surface area (Å²) in [6.45, 7) is 12.2. The van der Waals surface area contributed by atoms with Gasteiger partial charge in [0.1, 0.15) is 0 Å². The van der Waals surface area contributed by atoms with Gasteiger partial charge in [0.15, 0.2) is 0 Å². The van der Waals surface area contributed by atoms with Crippen molar-refractivity contribution in [1.29, 1.82) is 0 Å². The van der Waals surface area contributed by atoms with Crippen LogP contribution in [0.5, 0.6) is 0 Å². The van der Waals surface area contributed by atoms with Crippen LogP contribution in [0.4, 0.5) is 0 Å². The first kappa shape index (κ1) is 38.6. The second kappa shape index (κ2) is 27.0. The fourth-order valence-electron chi connectivity index (χ4n) is 0.630. The Morgan fingerprint density at radius 2 is 0.654 bits per heavy atom. The van der Waals surface area contributed by atoms with Crippen LogP contribution in [0.2, 0.25) is 0 Å². The molecule has 0 heterocycles. The van der Waals surface area contributed by atoms with Crippen molar-refractivity contribution in [2.75, 3.05) is 19.8 Å². The maximum Gasteiger partial charge on any atom is 3.00 e. The Kier molecular flexibility index (Phi) is 40.1. The molecule has 0 saturated carbocycles. The summed E-state index contributed by atoms with van der Waals surface area (Å²) in [6, 6.07) is 0. The van der Waals surface area contributed by atoms with Crippen molar-refractivity contribution in [3.8, 4) is 0 Å². The molecule has 0 aliphatic carbocycles. The monoisotopic (exact) mass is 462 g/mol. The van der Waals surface area contributed by atoms with Gasteiger partial charge in [-0.15, -0.1) is 0 Å². The summed E-state index contributed by atoms with van der Waals surface area (Å²) in [7, 11) is -7.90. The summed E-state index contributed by atoms with van der Waals surface area (Å²) >= 11 is 0. The average molecular weight is 462 g/mol. The van der Waals surface area contributed by atoms with Gasteiger partial charge in [0.05, 0.1) is 0 Å². The SMILES string of the molecule is CC(C)COP([O-])[O-].CC(C)COP([O-])[O-].CC(C)COP([O-])[O-].[Al+3].[Al+3]. The van der Waals surface area contributed by atoms with Gasteiger partial charge < -0.3 is 42.9 Å². The quantitative estimate of drug-likeness (QED) is 0.280. The Labute approximate surface area is 182 Å². The molecule has 0 N–H and O–H groups in total. The van der Waals surface area contributed by atoms with Crippen LogP contribution in [-0.4, -0.2) is 54.5 Å². The van der Waals surface area contributed by atoms with E-state index in [9.17, 15) is 29.4 Å². The minimum absolute atomic E-state index is 0. The maximum atomic E-state index is 9.72. The van der Waals surface area contributed by atoms with E-state index in [0.29, 0.717) is 19.8 Å². The molecular formula is C12H27Al2O9P3. The third-order valence-electron chi connectivity index (χ3n) is 1.54. The minimum atomic E-state index is -2.63. The van der Waals surface area contributed by atoms with Gasteiger partial charge in [0.25, 0.3) is 0 Å². The van der Waals surface area contributed by atoms with Gasteiger partial charge in [-0.2, -0.15) is 25.8 Å². The van der Waals surface area contributed by atoms with E-state index in [1.807, 2.05) is 41.5 Å². The van der Waals surface area contributed by atoms with Crippen molar-refractivity contribution in [2.45, 2.75) is 41.5 Å². The molecule has 0 aromatic rings. The first-order chi connectivity index (χ1) is 10.9. The fourth-order valence-corrected chi connectivity index (χ4v) is 1.89. The van der Waals surface area contributed by atoms with E-state index >= 15 is 0 Å². The predicted molar refractivity (Wildman–Crippen MR) is 94.6 cm³/mol. The van der Waals surface area contributed by atoms with Crippen molar-refractivity contribution in [1.82, 2.24) is 0 Å². The van der Waals surface area contributed by atoms with Gasteiger partial charge in [0, 0.05) is 19.8 Å². The van der Waals surface area contributed by atoms with E-state index in [1.54, 1.807) is 0 Å². The van der Waals surface area contributed by atoms with E-state index in [-0.39, 0.29) is 52.5 Å². The molecule has 0 aromatic carbocycles. The molecular weight excluding hydrogens is 435 g/mol. The molecule has 26 heavy (non-hydrogen) atoms. The van der Waals surface area contributed by atoms with Crippen LogP contribution in [0.25, 0.3) is 0 Å². The van der Waals surface area contributed by atoms with Crippen LogP contribution in [0.1, 0.15) is 41.5 Å². The molecule has 0 saturated heterocycles. The second-order valence-electron chi connectivity index (χ2n) is 5.74. The molecule has 0 rings (SSSR count). The molecule has 0 unspecified atom stereocenters. The van der Waals surface area contributed by atoms with E-state index < -0.39 is 25.8 Å². The van der Waals surface area contributed by atoms with Crippen LogP contribution in [0, 0.1) is 17.8 Å². The van der Waals surface area contributed by atoms with E-state index in [4.69, 9.17) is 0 Å². The molecule has 0 atom stereocenters. The van der Waals surface area contributed by atoms with Crippen LogP contribution in [0.3, 0.4) is 0 Å². The van der Waals surface area contributed by atoms with Gasteiger partial charge in [0.2, 0.25) is 0 Å². The molecule has 150 valence electrons. The third kappa shape index (κ3) is 56.2. The van der Waals surface area contributed by atoms with Crippen molar-refractivity contribution in [3.05, 3.63) is 0 Å². The summed E-state index contributed by atoms with van der Waals surface area (Å²) in [5.74, 6) is 0.841. The smallest absolute Gasteiger partial charge is 0.820 e. The van der Waals surface area contributed by atoms with Gasteiger partial charge in [-0.1, -0.05) is 41.5 Å². The molecule has 14 heteroatoms. The first-order valence-corrected chi connectivity index (χ1v) is 10.5. The zero-order valence-corrected chi connectivity index (χ0v) is 21.0. The van der Waals surface area contributed by atoms with Crippen molar-refractivity contribution in [2.24, 2.45) is 17.8 Å². The number of hydrogen-bond donors (Lipinski definition) is 0. The number of rotatable bonds is 9. The molecule has 0 amide bonds. The Morgan fingerprint density at radius 3 is 0.692 bits per heavy atom. The maximum absolute atomic E-state index is 9.72. The predicted octanol–water partition coefficient (Wildman–Crippen LogP) is -1.94. The molecule has 0 spiro atoms. The van der Waals surface area contributed by atoms with Gasteiger partial charge >= 0.3 is 34.7 Å². The Hall–Kier alpha value is 1.99. The standard InChI is InChI=1S/3C4H9O3P.2Al/c3*1-4(2)3-7-8(5)6;;/h3*4H,3H2,1-2H3;;/q3*-2;2*+3. The zero-order valence-electron chi connectivity index (χ0n) is 16.0. The van der Waals surface area contributed by atoms with Crippen molar-refractivity contribution in [3.63, 3.8) is 0 Å². The summed E-state index contributed by atoms with van der Waals surface area (Å²) in [4.78, 5) is 58.3. The summed E-state index contributed by atoms with van der Waals surface area (Å²) < 4.78 is 12.8. The normalized spacial score (nSPS) is 10.4. The molecule has 9 nitrogen and oxygen atoms in total. The third-order valence-corrected chi connectivity index (χ3v) is 2.62. The van der Waals surface area contributed by atoms with Crippen molar-refractivity contribution >= 4 is 60.5 Å². The molecule has 0 radical (unpaired) electrons. The van der Waals surface area contributed by atoms with Gasteiger partial charge in [-0.25, -0.2) is 0 Å². The van der Waals surface area contributed by atoms with E-state index in [1.165, 1.54) is 0 Å². The van der Waals surface area contributed by atoms with Crippen LogP contribution in [-0.2, 0) is 13.6 Å². The minimum Gasteiger partial charge on any atom is -0.820 e. The molecule has 0 aliphatic rings. The van der Waals surface area contributed by atoms with Crippen LogP contribution < -0.4 is 29.4 Å². The number of hydrogen-bond acceptors (Lipinski definition) is 9.